The second-order valence-electron chi connectivity index (χ2n) is 5.74. The molecule has 2 heterocycles. The smallest absolute Gasteiger partial charge is 0.128 e. The number of rotatable bonds is 5. The van der Waals surface area contributed by atoms with Crippen LogP contribution in [0.5, 0.6) is 5.75 Å². The molecule has 1 saturated heterocycles. The number of hydrogen-bond acceptors (Lipinski definition) is 5. The number of piperazine rings is 1. The quantitative estimate of drug-likeness (QED) is 0.914. The van der Waals surface area contributed by atoms with Gasteiger partial charge in [0, 0.05) is 45.0 Å². The molecule has 0 bridgehead atoms. The summed E-state index contributed by atoms with van der Waals surface area (Å²) in [6, 6.07) is 14.5. The average Bonchev–Trinajstić information content (AvgIpc) is 2.64. The number of nitrogens with zero attached hydrogens (tertiary/aromatic N) is 3. The highest BCUT2D eigenvalue weighted by atomic mass is 16.5. The van der Waals surface area contributed by atoms with Crippen molar-refractivity contribution >= 4 is 5.82 Å². The molecule has 1 aromatic heterocycles. The first kappa shape index (κ1) is 15.8. The van der Waals surface area contributed by atoms with Crippen molar-refractivity contribution in [3.8, 4) is 5.75 Å². The van der Waals surface area contributed by atoms with Gasteiger partial charge in [-0.1, -0.05) is 18.2 Å². The van der Waals surface area contributed by atoms with Gasteiger partial charge >= 0.3 is 0 Å². The monoisotopic (exact) mass is 312 g/mol. The molecule has 0 spiro atoms. The zero-order valence-electron chi connectivity index (χ0n) is 13.6. The molecule has 122 valence electrons. The highest BCUT2D eigenvalue weighted by Gasteiger charge is 2.24. The summed E-state index contributed by atoms with van der Waals surface area (Å²) < 4.78 is 5.23. The molecule has 5 heteroatoms. The number of nitrogens with two attached hydrogens (primary N) is 1. The Bertz CT molecular complexity index is 594. The van der Waals surface area contributed by atoms with Gasteiger partial charge in [-0.05, 0) is 29.8 Å². The molecule has 2 aromatic rings. The SMILES string of the molecule is COc1ccc(C(CN)N2CCN(c3ccccn3)CC2)cc1. The van der Waals surface area contributed by atoms with E-state index in [-0.39, 0.29) is 6.04 Å². The van der Waals surface area contributed by atoms with E-state index in [1.165, 1.54) is 5.56 Å². The van der Waals surface area contributed by atoms with E-state index in [4.69, 9.17) is 10.5 Å². The van der Waals surface area contributed by atoms with Gasteiger partial charge in [0.25, 0.3) is 0 Å². The molecule has 23 heavy (non-hydrogen) atoms. The molecule has 3 rings (SSSR count). The Labute approximate surface area is 137 Å². The number of aromatic nitrogens is 1. The molecule has 0 saturated carbocycles. The standard InChI is InChI=1S/C18H24N4O/c1-23-16-7-5-15(6-8-16)17(14-19)21-10-12-22(13-11-21)18-4-2-3-9-20-18/h2-9,17H,10-14,19H2,1H3. The van der Waals surface area contributed by atoms with Gasteiger partial charge in [0.1, 0.15) is 11.6 Å². The molecular formula is C18H24N4O. The number of benzene rings is 1. The minimum atomic E-state index is 0.256. The Morgan fingerprint density at radius 2 is 1.83 bits per heavy atom. The summed E-state index contributed by atoms with van der Waals surface area (Å²) >= 11 is 0. The van der Waals surface area contributed by atoms with E-state index in [0.29, 0.717) is 6.54 Å². The van der Waals surface area contributed by atoms with E-state index in [0.717, 1.165) is 37.7 Å². The molecule has 0 amide bonds. The molecule has 1 aliphatic rings. The van der Waals surface area contributed by atoms with Gasteiger partial charge in [-0.3, -0.25) is 4.90 Å². The Morgan fingerprint density at radius 3 is 2.39 bits per heavy atom. The number of hydrogen-bond donors (Lipinski definition) is 1. The molecule has 1 aliphatic heterocycles. The van der Waals surface area contributed by atoms with Crippen LogP contribution in [0.2, 0.25) is 0 Å². The number of anilines is 1. The van der Waals surface area contributed by atoms with E-state index in [1.54, 1.807) is 7.11 Å². The molecule has 5 nitrogen and oxygen atoms in total. The summed E-state index contributed by atoms with van der Waals surface area (Å²) in [5, 5.41) is 0. The van der Waals surface area contributed by atoms with Crippen LogP contribution < -0.4 is 15.4 Å². The summed E-state index contributed by atoms with van der Waals surface area (Å²) in [4.78, 5) is 9.23. The lowest BCUT2D eigenvalue weighted by Crippen LogP contribution is -2.49. The van der Waals surface area contributed by atoms with Crippen molar-refractivity contribution in [2.24, 2.45) is 5.73 Å². The molecule has 0 aliphatic carbocycles. The van der Waals surface area contributed by atoms with Crippen molar-refractivity contribution in [2.75, 3.05) is 44.7 Å². The third kappa shape index (κ3) is 3.63. The minimum Gasteiger partial charge on any atom is -0.497 e. The fraction of sp³-hybridized carbons (Fsp3) is 0.389. The molecule has 1 atom stereocenters. The number of pyridine rings is 1. The molecule has 1 fully saturated rings. The van der Waals surface area contributed by atoms with Crippen LogP contribution in [0.15, 0.2) is 48.7 Å². The van der Waals surface area contributed by atoms with Crippen molar-refractivity contribution in [3.05, 3.63) is 54.2 Å². The first-order valence-electron chi connectivity index (χ1n) is 8.06. The second kappa shape index (κ2) is 7.44. The first-order valence-corrected chi connectivity index (χ1v) is 8.06. The van der Waals surface area contributed by atoms with Crippen molar-refractivity contribution in [2.45, 2.75) is 6.04 Å². The van der Waals surface area contributed by atoms with Gasteiger partial charge in [0.2, 0.25) is 0 Å². The van der Waals surface area contributed by atoms with Crippen molar-refractivity contribution in [1.82, 2.24) is 9.88 Å². The lowest BCUT2D eigenvalue weighted by molar-refractivity contribution is 0.190. The van der Waals surface area contributed by atoms with E-state index < -0.39 is 0 Å². The van der Waals surface area contributed by atoms with Crippen LogP contribution in [0, 0.1) is 0 Å². The first-order chi connectivity index (χ1) is 11.3. The molecule has 1 unspecified atom stereocenters. The normalized spacial score (nSPS) is 17.0. The molecule has 2 N–H and O–H groups in total. The van der Waals surface area contributed by atoms with Crippen molar-refractivity contribution < 1.29 is 4.74 Å². The Morgan fingerprint density at radius 1 is 1.09 bits per heavy atom. The van der Waals surface area contributed by atoms with Crippen molar-refractivity contribution in [1.29, 1.82) is 0 Å². The lowest BCUT2D eigenvalue weighted by Gasteiger charge is -2.39. The third-order valence-corrected chi connectivity index (χ3v) is 4.45. The van der Waals surface area contributed by atoms with E-state index >= 15 is 0 Å². The maximum Gasteiger partial charge on any atom is 0.128 e. The van der Waals surface area contributed by atoms with Crippen LogP contribution in [-0.2, 0) is 0 Å². The van der Waals surface area contributed by atoms with Gasteiger partial charge < -0.3 is 15.4 Å². The summed E-state index contributed by atoms with van der Waals surface area (Å²) in [6.45, 7) is 4.55. The lowest BCUT2D eigenvalue weighted by atomic mass is 10.0. The topological polar surface area (TPSA) is 54.6 Å². The van der Waals surface area contributed by atoms with Crippen LogP contribution in [-0.4, -0.2) is 49.7 Å². The maximum atomic E-state index is 6.05. The maximum absolute atomic E-state index is 6.05. The largest absolute Gasteiger partial charge is 0.497 e. The van der Waals surface area contributed by atoms with Crippen LogP contribution in [0.1, 0.15) is 11.6 Å². The van der Waals surface area contributed by atoms with E-state index in [1.807, 2.05) is 30.5 Å². The summed E-state index contributed by atoms with van der Waals surface area (Å²) in [7, 11) is 1.69. The second-order valence-corrected chi connectivity index (χ2v) is 5.74. The molecule has 0 radical (unpaired) electrons. The van der Waals surface area contributed by atoms with Crippen LogP contribution >= 0.6 is 0 Å². The highest BCUT2D eigenvalue weighted by Crippen LogP contribution is 2.24. The Hall–Kier alpha value is -2.11. The van der Waals surface area contributed by atoms with Crippen LogP contribution in [0.4, 0.5) is 5.82 Å². The van der Waals surface area contributed by atoms with Crippen LogP contribution in [0.25, 0.3) is 0 Å². The number of ether oxygens (including phenoxy) is 1. The van der Waals surface area contributed by atoms with Gasteiger partial charge in [-0.15, -0.1) is 0 Å². The minimum absolute atomic E-state index is 0.256. The van der Waals surface area contributed by atoms with Gasteiger partial charge in [-0.2, -0.15) is 0 Å². The molecular weight excluding hydrogens is 288 g/mol. The fourth-order valence-corrected chi connectivity index (χ4v) is 3.13. The fourth-order valence-electron chi connectivity index (χ4n) is 3.13. The zero-order valence-corrected chi connectivity index (χ0v) is 13.6. The zero-order chi connectivity index (χ0) is 16.1. The molecule has 1 aromatic carbocycles. The van der Waals surface area contributed by atoms with Gasteiger partial charge in [0.15, 0.2) is 0 Å². The Kier molecular flexibility index (Phi) is 5.10. The van der Waals surface area contributed by atoms with Gasteiger partial charge in [0.05, 0.1) is 7.11 Å². The predicted octanol–water partition coefficient (Wildman–Crippen LogP) is 1.91. The average molecular weight is 312 g/mol. The van der Waals surface area contributed by atoms with Crippen LogP contribution in [0.3, 0.4) is 0 Å². The van der Waals surface area contributed by atoms with E-state index in [2.05, 4.69) is 33.0 Å². The summed E-state index contributed by atoms with van der Waals surface area (Å²) in [6.07, 6.45) is 1.85. The third-order valence-electron chi connectivity index (χ3n) is 4.45. The summed E-state index contributed by atoms with van der Waals surface area (Å²) in [5.41, 5.74) is 7.30. The van der Waals surface area contributed by atoms with Crippen molar-refractivity contribution in [3.63, 3.8) is 0 Å². The summed E-state index contributed by atoms with van der Waals surface area (Å²) in [5.74, 6) is 1.94. The van der Waals surface area contributed by atoms with E-state index in [9.17, 15) is 0 Å². The number of methoxy groups -OCH3 is 1. The highest BCUT2D eigenvalue weighted by molar-refractivity contribution is 5.38. The van der Waals surface area contributed by atoms with Gasteiger partial charge in [-0.25, -0.2) is 4.98 Å². The Balaban J connectivity index is 1.65. The predicted molar refractivity (Wildman–Crippen MR) is 92.8 cm³/mol.